The van der Waals surface area contributed by atoms with E-state index in [2.05, 4.69) is 29.7 Å². The summed E-state index contributed by atoms with van der Waals surface area (Å²) in [4.78, 5) is 17.1. The fourth-order valence-electron chi connectivity index (χ4n) is 5.91. The van der Waals surface area contributed by atoms with E-state index in [9.17, 15) is 18.0 Å². The van der Waals surface area contributed by atoms with Crippen molar-refractivity contribution in [3.05, 3.63) is 0 Å². The Hall–Kier alpha value is -0.510. The van der Waals surface area contributed by atoms with Crippen molar-refractivity contribution in [2.75, 3.05) is 20.3 Å². The molecule has 2 saturated carbocycles. The Labute approximate surface area is 175 Å². The minimum Gasteiger partial charge on any atom is -0.339 e. The summed E-state index contributed by atoms with van der Waals surface area (Å²) in [6, 6.07) is 0.108. The van der Waals surface area contributed by atoms with Gasteiger partial charge in [0.15, 0.2) is 0 Å². The second-order valence-corrected chi connectivity index (χ2v) is 10.8. The van der Waals surface area contributed by atoms with Gasteiger partial charge < -0.3 is 4.90 Å². The average molecular weight is 435 g/mol. The monoisotopic (exact) mass is 434 g/mol. The van der Waals surface area contributed by atoms with E-state index >= 15 is 0 Å². The van der Waals surface area contributed by atoms with E-state index in [1.807, 2.05) is 16.7 Å². The molecule has 0 aromatic carbocycles. The van der Waals surface area contributed by atoms with Gasteiger partial charge in [-0.1, -0.05) is 19.8 Å². The number of rotatable bonds is 4. The number of halogens is 3. The van der Waals surface area contributed by atoms with E-state index < -0.39 is 23.9 Å². The minimum atomic E-state index is -4.19. The van der Waals surface area contributed by atoms with Gasteiger partial charge in [0.25, 0.3) is 0 Å². The Morgan fingerprint density at radius 1 is 1.17 bits per heavy atom. The molecule has 7 unspecified atom stereocenters. The van der Waals surface area contributed by atoms with Gasteiger partial charge in [0.1, 0.15) is 5.50 Å². The lowest BCUT2D eigenvalue weighted by Gasteiger charge is -2.38. The first-order valence-corrected chi connectivity index (χ1v) is 11.9. The van der Waals surface area contributed by atoms with Crippen molar-refractivity contribution in [2.24, 2.45) is 23.7 Å². The fourth-order valence-corrected chi connectivity index (χ4v) is 7.22. The first-order chi connectivity index (χ1) is 13.8. The van der Waals surface area contributed by atoms with E-state index in [0.717, 1.165) is 32.4 Å². The molecule has 7 atom stereocenters. The highest BCUT2D eigenvalue weighted by atomic mass is 32.2. The fraction of sp³-hybridized carbons (Fsp3) is 0.950. The summed E-state index contributed by atoms with van der Waals surface area (Å²) in [5, 5.41) is 0.431. The average Bonchev–Trinajstić information content (AvgIpc) is 3.24. The number of hydrogen-bond donors (Lipinski definition) is 2. The summed E-state index contributed by atoms with van der Waals surface area (Å²) in [6.07, 6.45) is 1.17. The van der Waals surface area contributed by atoms with Crippen LogP contribution >= 0.6 is 11.8 Å². The van der Waals surface area contributed by atoms with Gasteiger partial charge in [0.2, 0.25) is 5.91 Å². The van der Waals surface area contributed by atoms with Crippen LogP contribution in [-0.4, -0.2) is 58.9 Å². The number of hydrogen-bond acceptors (Lipinski definition) is 5. The number of alkyl halides is 3. The van der Waals surface area contributed by atoms with Crippen molar-refractivity contribution < 1.29 is 18.0 Å². The molecule has 5 nitrogen and oxygen atoms in total. The molecule has 0 radical (unpaired) electrons. The molecule has 166 valence electrons. The first-order valence-electron chi connectivity index (χ1n) is 11.0. The van der Waals surface area contributed by atoms with Gasteiger partial charge in [-0.05, 0) is 51.0 Å². The van der Waals surface area contributed by atoms with E-state index in [-0.39, 0.29) is 23.9 Å². The maximum Gasteiger partial charge on any atom is 0.392 e. The van der Waals surface area contributed by atoms with Gasteiger partial charge >= 0.3 is 6.18 Å². The molecule has 4 rings (SSSR count). The molecule has 9 heteroatoms. The van der Waals surface area contributed by atoms with Crippen LogP contribution in [0.15, 0.2) is 0 Å². The van der Waals surface area contributed by atoms with Crippen molar-refractivity contribution in [3.63, 3.8) is 0 Å². The lowest BCUT2D eigenvalue weighted by atomic mass is 9.73. The summed E-state index contributed by atoms with van der Waals surface area (Å²) in [5.41, 5.74) is 6.65. The van der Waals surface area contributed by atoms with Gasteiger partial charge in [-0.2, -0.15) is 13.2 Å². The summed E-state index contributed by atoms with van der Waals surface area (Å²) in [5.74, 6) is -1.77. The van der Waals surface area contributed by atoms with Crippen LogP contribution in [0.4, 0.5) is 13.2 Å². The maximum atomic E-state index is 13.5. The third-order valence-electron chi connectivity index (χ3n) is 7.58. The lowest BCUT2D eigenvalue weighted by molar-refractivity contribution is -0.198. The Balaban J connectivity index is 1.40. The van der Waals surface area contributed by atoms with Crippen molar-refractivity contribution in [1.82, 2.24) is 20.7 Å². The molecule has 1 amide bonds. The second kappa shape index (κ2) is 8.55. The highest BCUT2D eigenvalue weighted by Crippen LogP contribution is 2.49. The van der Waals surface area contributed by atoms with Crippen LogP contribution in [0.1, 0.15) is 51.9 Å². The molecular formula is C20H33F3N4OS. The predicted octanol–water partition coefficient (Wildman–Crippen LogP) is 3.38. The van der Waals surface area contributed by atoms with Gasteiger partial charge in [-0.3, -0.25) is 9.69 Å². The number of likely N-dealkylation sites (tertiary alicyclic amines) is 1. The summed E-state index contributed by atoms with van der Waals surface area (Å²) < 4.78 is 40.6. The number of nitrogens with zero attached hydrogens (tertiary/aromatic N) is 2. The SMILES string of the molecule is CC(SC1NNCN1C)C1CCCC(N2CC3C(CCCC3C(F)(F)F)C2=O)C1. The van der Waals surface area contributed by atoms with Crippen molar-refractivity contribution in [1.29, 1.82) is 0 Å². The Bertz CT molecular complexity index is 607. The van der Waals surface area contributed by atoms with Crippen LogP contribution < -0.4 is 10.9 Å². The molecule has 0 spiro atoms. The summed E-state index contributed by atoms with van der Waals surface area (Å²) >= 11 is 1.89. The largest absolute Gasteiger partial charge is 0.392 e. The molecule has 4 fully saturated rings. The number of fused-ring (bicyclic) bond motifs is 1. The van der Waals surface area contributed by atoms with Crippen molar-refractivity contribution >= 4 is 17.7 Å². The van der Waals surface area contributed by atoms with Gasteiger partial charge in [0, 0.05) is 23.8 Å². The zero-order chi connectivity index (χ0) is 20.8. The third-order valence-corrected chi connectivity index (χ3v) is 9.13. The predicted molar refractivity (Wildman–Crippen MR) is 108 cm³/mol. The molecule has 2 aliphatic heterocycles. The quantitative estimate of drug-likeness (QED) is 0.710. The number of carbonyl (C=O) groups excluding carboxylic acids is 1. The third kappa shape index (κ3) is 4.43. The number of amides is 1. The zero-order valence-electron chi connectivity index (χ0n) is 17.3. The van der Waals surface area contributed by atoms with E-state index in [1.165, 1.54) is 0 Å². The Kier molecular flexibility index (Phi) is 6.40. The van der Waals surface area contributed by atoms with E-state index in [1.54, 1.807) is 0 Å². The molecule has 0 bridgehead atoms. The number of hydrazine groups is 1. The highest BCUT2D eigenvalue weighted by molar-refractivity contribution is 8.00. The van der Waals surface area contributed by atoms with Gasteiger partial charge in [0.05, 0.1) is 12.6 Å². The number of nitrogens with one attached hydrogen (secondary N) is 2. The van der Waals surface area contributed by atoms with Crippen LogP contribution in [0, 0.1) is 23.7 Å². The first kappa shape index (κ1) is 21.7. The van der Waals surface area contributed by atoms with Crippen molar-refractivity contribution in [2.45, 2.75) is 74.8 Å². The zero-order valence-corrected chi connectivity index (χ0v) is 18.1. The molecule has 0 aromatic rings. The van der Waals surface area contributed by atoms with Crippen LogP contribution in [0.2, 0.25) is 0 Å². The molecule has 29 heavy (non-hydrogen) atoms. The Morgan fingerprint density at radius 2 is 1.93 bits per heavy atom. The van der Waals surface area contributed by atoms with Crippen LogP contribution in [0.3, 0.4) is 0 Å². The molecule has 2 heterocycles. The summed E-state index contributed by atoms with van der Waals surface area (Å²) in [6.45, 7) is 3.36. The molecule has 4 aliphatic rings. The van der Waals surface area contributed by atoms with E-state index in [4.69, 9.17) is 0 Å². The van der Waals surface area contributed by atoms with Crippen LogP contribution in [-0.2, 0) is 4.79 Å². The normalized spacial score (nSPS) is 40.3. The van der Waals surface area contributed by atoms with Crippen LogP contribution in [0.25, 0.3) is 0 Å². The lowest BCUT2D eigenvalue weighted by Crippen LogP contribution is -2.43. The second-order valence-electron chi connectivity index (χ2n) is 9.35. The number of carbonyl (C=O) groups is 1. The van der Waals surface area contributed by atoms with Crippen molar-refractivity contribution in [3.8, 4) is 0 Å². The molecule has 2 saturated heterocycles. The summed E-state index contributed by atoms with van der Waals surface area (Å²) in [7, 11) is 2.07. The van der Waals surface area contributed by atoms with Crippen LogP contribution in [0.5, 0.6) is 0 Å². The van der Waals surface area contributed by atoms with Gasteiger partial charge in [-0.25, -0.2) is 10.9 Å². The smallest absolute Gasteiger partial charge is 0.339 e. The van der Waals surface area contributed by atoms with E-state index in [0.29, 0.717) is 30.6 Å². The molecule has 2 N–H and O–H groups in total. The highest BCUT2D eigenvalue weighted by Gasteiger charge is 2.55. The molecule has 2 aliphatic carbocycles. The standard InChI is InChI=1S/C20H33F3N4OS/c1-12(29-19-25-24-11-26(19)2)13-5-3-6-14(9-13)27-10-16-15(18(27)28)7-4-8-17(16)20(21,22)23/h12-17,19,24-25H,3-11H2,1-2H3. The maximum absolute atomic E-state index is 13.5. The topological polar surface area (TPSA) is 47.6 Å². The minimum absolute atomic E-state index is 0.00343. The molecular weight excluding hydrogens is 401 g/mol. The van der Waals surface area contributed by atoms with Gasteiger partial charge in [-0.15, -0.1) is 11.8 Å². The molecule has 0 aromatic heterocycles. The number of thioether (sulfide) groups is 1. The Morgan fingerprint density at radius 3 is 2.62 bits per heavy atom.